The molecule has 1 aliphatic heterocycles. The number of carbonyl (C=O) groups is 2. The number of aryl methyl sites for hydroxylation is 1. The van der Waals surface area contributed by atoms with Gasteiger partial charge < -0.3 is 10.1 Å². The van der Waals surface area contributed by atoms with Crippen LogP contribution in [0.25, 0.3) is 0 Å². The molecular formula is C36H49NO6S. The molecule has 3 rings (SSSR count). The smallest absolute Gasteiger partial charge is 0.329 e. The summed E-state index contributed by atoms with van der Waals surface area (Å²) in [6, 6.07) is 15.3. The van der Waals surface area contributed by atoms with Crippen molar-refractivity contribution in [2.75, 3.05) is 0 Å². The lowest BCUT2D eigenvalue weighted by atomic mass is 9.87. The first-order valence-corrected chi connectivity index (χ1v) is 17.0. The highest BCUT2D eigenvalue weighted by Gasteiger charge is 2.33. The fraction of sp³-hybridized carbons (Fsp3) is 0.500. The molecule has 44 heavy (non-hydrogen) atoms. The number of esters is 1. The van der Waals surface area contributed by atoms with Crippen LogP contribution in [0, 0.1) is 30.6 Å². The minimum atomic E-state index is -4.08. The maximum Gasteiger partial charge on any atom is 0.329 e. The molecule has 0 saturated carbocycles. The lowest BCUT2D eigenvalue weighted by Gasteiger charge is -2.31. The summed E-state index contributed by atoms with van der Waals surface area (Å²) >= 11 is 0. The number of carbonyl (C=O) groups excluding carboxylic acids is 2. The second kappa shape index (κ2) is 15.7. The van der Waals surface area contributed by atoms with E-state index in [2.05, 4.69) is 5.32 Å². The Morgan fingerprint density at radius 1 is 0.932 bits per heavy atom. The SMILES string of the molecule is CCC(C)C1OC(=O)C(Cc2ccccc2)NC(=O)C(C)C/C(C)=C/C(C)C(OS(=O)(=O)c2ccc(C)cc2)/C(C)=C/C1C. The Hall–Kier alpha value is -3.23. The second-order valence-corrected chi connectivity index (χ2v) is 14.1. The molecule has 0 saturated heterocycles. The van der Waals surface area contributed by atoms with Crippen LogP contribution in [0.4, 0.5) is 0 Å². The van der Waals surface area contributed by atoms with E-state index in [9.17, 15) is 18.0 Å². The summed E-state index contributed by atoms with van der Waals surface area (Å²) in [7, 11) is -4.08. The summed E-state index contributed by atoms with van der Waals surface area (Å²) < 4.78 is 39.0. The first kappa shape index (κ1) is 35.3. The maximum absolute atomic E-state index is 13.7. The average molecular weight is 624 g/mol. The molecule has 7 atom stereocenters. The van der Waals surface area contributed by atoms with Crippen LogP contribution in [0.3, 0.4) is 0 Å². The highest BCUT2D eigenvalue weighted by Crippen LogP contribution is 2.30. The number of cyclic esters (lactones) is 1. The largest absolute Gasteiger partial charge is 0.460 e. The van der Waals surface area contributed by atoms with Gasteiger partial charge in [0.1, 0.15) is 18.2 Å². The van der Waals surface area contributed by atoms with Crippen molar-refractivity contribution < 1.29 is 26.9 Å². The Labute approximate surface area is 264 Å². The van der Waals surface area contributed by atoms with E-state index >= 15 is 0 Å². The van der Waals surface area contributed by atoms with E-state index in [4.69, 9.17) is 8.92 Å². The zero-order valence-corrected chi connectivity index (χ0v) is 28.2. The van der Waals surface area contributed by atoms with Gasteiger partial charge in [-0.3, -0.25) is 8.98 Å². The Balaban J connectivity index is 2.06. The molecular weight excluding hydrogens is 574 g/mol. The van der Waals surface area contributed by atoms with Gasteiger partial charge >= 0.3 is 5.97 Å². The highest BCUT2D eigenvalue weighted by molar-refractivity contribution is 7.86. The first-order chi connectivity index (χ1) is 20.7. The van der Waals surface area contributed by atoms with Crippen molar-refractivity contribution in [1.82, 2.24) is 5.32 Å². The van der Waals surface area contributed by atoms with Gasteiger partial charge in [-0.05, 0) is 56.4 Å². The van der Waals surface area contributed by atoms with Crippen molar-refractivity contribution in [3.8, 4) is 0 Å². The Morgan fingerprint density at radius 2 is 1.57 bits per heavy atom. The predicted molar refractivity (Wildman–Crippen MR) is 174 cm³/mol. The van der Waals surface area contributed by atoms with E-state index in [-0.39, 0.29) is 28.6 Å². The third kappa shape index (κ3) is 9.63. The molecule has 1 heterocycles. The molecule has 0 aromatic heterocycles. The van der Waals surface area contributed by atoms with E-state index in [1.54, 1.807) is 24.3 Å². The predicted octanol–water partition coefficient (Wildman–Crippen LogP) is 6.96. The molecule has 0 aliphatic carbocycles. The van der Waals surface area contributed by atoms with E-state index in [1.807, 2.05) is 97.9 Å². The minimum Gasteiger partial charge on any atom is -0.460 e. The number of amides is 1. The van der Waals surface area contributed by atoms with Crippen LogP contribution in [0.1, 0.15) is 72.4 Å². The second-order valence-electron chi connectivity index (χ2n) is 12.6. The normalized spacial score (nSPS) is 29.1. The number of hydrogen-bond acceptors (Lipinski definition) is 6. The van der Waals surface area contributed by atoms with Gasteiger partial charge in [0.05, 0.1) is 4.90 Å². The molecule has 240 valence electrons. The number of rotatable bonds is 7. The van der Waals surface area contributed by atoms with Crippen molar-refractivity contribution >= 4 is 22.0 Å². The molecule has 0 bridgehead atoms. The standard InChI is InChI=1S/C36H49NO6S/c1-9-25(4)33-27(6)21-28(7)34(43-44(40,41)31-17-15-23(2)16-18-31)26(5)19-24(3)20-29(8)35(38)37-32(36(39)42-33)22-30-13-11-10-12-14-30/h10-19,21,25-27,29,32-34H,9,20,22H2,1-8H3,(H,37,38)/b24-19+,28-21+. The topological polar surface area (TPSA) is 98.8 Å². The molecule has 1 N–H and O–H groups in total. The summed E-state index contributed by atoms with van der Waals surface area (Å²) in [6.45, 7) is 15.5. The van der Waals surface area contributed by atoms with Crippen LogP contribution in [0.15, 0.2) is 82.8 Å². The Bertz CT molecular complexity index is 1430. The third-order valence-corrected chi connectivity index (χ3v) is 9.78. The summed E-state index contributed by atoms with van der Waals surface area (Å²) in [5, 5.41) is 2.97. The lowest BCUT2D eigenvalue weighted by Crippen LogP contribution is -2.47. The van der Waals surface area contributed by atoms with E-state index in [0.717, 1.165) is 28.7 Å². The molecule has 8 heteroatoms. The van der Waals surface area contributed by atoms with Gasteiger partial charge in [0.25, 0.3) is 10.1 Å². The van der Waals surface area contributed by atoms with E-state index < -0.39 is 40.3 Å². The van der Waals surface area contributed by atoms with Crippen molar-refractivity contribution in [2.24, 2.45) is 23.7 Å². The summed E-state index contributed by atoms with van der Waals surface area (Å²) in [6.07, 6.45) is 4.17. The highest BCUT2D eigenvalue weighted by atomic mass is 32.2. The van der Waals surface area contributed by atoms with Gasteiger partial charge in [0.2, 0.25) is 5.91 Å². The van der Waals surface area contributed by atoms with Crippen LogP contribution >= 0.6 is 0 Å². The quantitative estimate of drug-likeness (QED) is 0.203. The average Bonchev–Trinajstić information content (AvgIpc) is 2.97. The van der Waals surface area contributed by atoms with Gasteiger partial charge in [0, 0.05) is 24.2 Å². The number of ether oxygens (including phenoxy) is 1. The minimum absolute atomic E-state index is 0.0101. The molecule has 2 aromatic rings. The van der Waals surface area contributed by atoms with Crippen molar-refractivity contribution in [2.45, 2.75) is 97.8 Å². The fourth-order valence-corrected chi connectivity index (χ4v) is 6.99. The number of benzene rings is 2. The molecule has 2 aromatic carbocycles. The monoisotopic (exact) mass is 623 g/mol. The lowest BCUT2D eigenvalue weighted by molar-refractivity contribution is -0.157. The van der Waals surface area contributed by atoms with Crippen LogP contribution in [-0.4, -0.2) is 38.5 Å². The van der Waals surface area contributed by atoms with E-state index in [1.165, 1.54) is 0 Å². The Morgan fingerprint density at radius 3 is 2.18 bits per heavy atom. The van der Waals surface area contributed by atoms with Gasteiger partial charge in [-0.25, -0.2) is 4.79 Å². The summed E-state index contributed by atoms with van der Waals surface area (Å²) in [5.74, 6) is -1.72. The third-order valence-electron chi connectivity index (χ3n) is 8.47. The van der Waals surface area contributed by atoms with Crippen LogP contribution < -0.4 is 5.32 Å². The van der Waals surface area contributed by atoms with Gasteiger partial charge in [-0.15, -0.1) is 0 Å². The zero-order chi connectivity index (χ0) is 32.6. The van der Waals surface area contributed by atoms with Crippen LogP contribution in [-0.2, 0) is 35.0 Å². The molecule has 1 aliphatic rings. The number of nitrogens with one attached hydrogen (secondary N) is 1. The van der Waals surface area contributed by atoms with Crippen LogP contribution in [0.5, 0.6) is 0 Å². The van der Waals surface area contributed by atoms with Gasteiger partial charge in [-0.2, -0.15) is 8.42 Å². The molecule has 1 amide bonds. The van der Waals surface area contributed by atoms with Gasteiger partial charge in [-0.1, -0.05) is 107 Å². The zero-order valence-electron chi connectivity index (χ0n) is 27.4. The first-order valence-electron chi connectivity index (χ1n) is 15.6. The molecule has 0 radical (unpaired) electrons. The van der Waals surface area contributed by atoms with Crippen molar-refractivity contribution in [3.05, 3.63) is 89.0 Å². The molecule has 0 spiro atoms. The van der Waals surface area contributed by atoms with Crippen molar-refractivity contribution in [1.29, 1.82) is 0 Å². The molecule has 7 nitrogen and oxygen atoms in total. The number of hydrogen-bond donors (Lipinski definition) is 1. The van der Waals surface area contributed by atoms with Gasteiger partial charge in [0.15, 0.2) is 0 Å². The summed E-state index contributed by atoms with van der Waals surface area (Å²) in [5.41, 5.74) is 3.53. The summed E-state index contributed by atoms with van der Waals surface area (Å²) in [4.78, 5) is 27.2. The van der Waals surface area contributed by atoms with Crippen LogP contribution in [0.2, 0.25) is 0 Å². The maximum atomic E-state index is 13.7. The molecule has 7 unspecified atom stereocenters. The molecule has 0 fully saturated rings. The number of allylic oxidation sites excluding steroid dienone is 1. The van der Waals surface area contributed by atoms with Crippen molar-refractivity contribution in [3.63, 3.8) is 0 Å². The fourth-order valence-electron chi connectivity index (χ4n) is 5.81. The van der Waals surface area contributed by atoms with E-state index in [0.29, 0.717) is 12.8 Å². The Kier molecular flexibility index (Phi) is 12.6.